The van der Waals surface area contributed by atoms with Crippen LogP contribution >= 0.6 is 11.6 Å². The summed E-state index contributed by atoms with van der Waals surface area (Å²) in [5.74, 6) is 0.590. The van der Waals surface area contributed by atoms with Crippen molar-refractivity contribution in [3.05, 3.63) is 17.0 Å². The van der Waals surface area contributed by atoms with E-state index in [0.717, 1.165) is 6.04 Å². The van der Waals surface area contributed by atoms with Crippen LogP contribution in [0.5, 0.6) is 0 Å². The number of aromatic nitrogens is 3. The van der Waals surface area contributed by atoms with Gasteiger partial charge in [0.2, 0.25) is 5.28 Å². The first kappa shape index (κ1) is 20.7. The molecule has 0 saturated carbocycles. The molecule has 0 aliphatic carbocycles. The van der Waals surface area contributed by atoms with E-state index in [9.17, 15) is 5.26 Å². The average Bonchev–Trinajstić information content (AvgIpc) is 2.85. The van der Waals surface area contributed by atoms with E-state index < -0.39 is 8.07 Å². The van der Waals surface area contributed by atoms with Crippen molar-refractivity contribution < 1.29 is 4.74 Å². The average molecular weight is 394 g/mol. The minimum Gasteiger partial charge on any atom is -0.369 e. The minimum atomic E-state index is -1.14. The van der Waals surface area contributed by atoms with Crippen LogP contribution in [0.2, 0.25) is 31.0 Å². The van der Waals surface area contributed by atoms with Crippen molar-refractivity contribution in [2.45, 2.75) is 53.2 Å². The number of hydrogen-bond acceptors (Lipinski definition) is 5. The maximum absolute atomic E-state index is 9.53. The van der Waals surface area contributed by atoms with Gasteiger partial charge in [0.15, 0.2) is 0 Å². The summed E-state index contributed by atoms with van der Waals surface area (Å²) in [5, 5.41) is 13.7. The lowest BCUT2D eigenvalue weighted by Crippen LogP contribution is -2.22. The molecule has 142 valence electrons. The number of hydrogen-bond donors (Lipinski definition) is 1. The molecule has 2 rings (SSSR count). The molecular formula is C18H28ClN5OSi. The molecule has 2 aromatic rings. The zero-order chi connectivity index (χ0) is 19.5. The predicted octanol–water partition coefficient (Wildman–Crippen LogP) is 4.73. The van der Waals surface area contributed by atoms with Gasteiger partial charge in [0.1, 0.15) is 24.3 Å². The van der Waals surface area contributed by atoms with Gasteiger partial charge < -0.3 is 14.6 Å². The lowest BCUT2D eigenvalue weighted by atomic mass is 9.97. The van der Waals surface area contributed by atoms with Crippen molar-refractivity contribution in [3.63, 3.8) is 0 Å². The van der Waals surface area contributed by atoms with Crippen LogP contribution in [0.25, 0.3) is 11.0 Å². The van der Waals surface area contributed by atoms with Gasteiger partial charge >= 0.3 is 0 Å². The first-order valence-corrected chi connectivity index (χ1v) is 12.9. The van der Waals surface area contributed by atoms with Crippen molar-refractivity contribution in [1.82, 2.24) is 14.5 Å². The number of fused-ring (bicyclic) bond motifs is 1. The van der Waals surface area contributed by atoms with Gasteiger partial charge in [-0.15, -0.1) is 0 Å². The van der Waals surface area contributed by atoms with Crippen molar-refractivity contribution in [2.24, 2.45) is 5.41 Å². The highest BCUT2D eigenvalue weighted by molar-refractivity contribution is 6.76. The molecule has 0 radical (unpaired) electrons. The predicted molar refractivity (Wildman–Crippen MR) is 109 cm³/mol. The van der Waals surface area contributed by atoms with E-state index in [4.69, 9.17) is 16.3 Å². The molecule has 0 aromatic carbocycles. The number of anilines is 1. The quantitative estimate of drug-likeness (QED) is 0.418. The Bertz CT molecular complexity index is 814. The van der Waals surface area contributed by atoms with Gasteiger partial charge in [0.25, 0.3) is 0 Å². The van der Waals surface area contributed by atoms with Gasteiger partial charge in [-0.3, -0.25) is 0 Å². The zero-order valence-corrected chi connectivity index (χ0v) is 18.2. The fourth-order valence-electron chi connectivity index (χ4n) is 2.36. The van der Waals surface area contributed by atoms with E-state index in [-0.39, 0.29) is 10.7 Å². The second-order valence-corrected chi connectivity index (χ2v) is 14.9. The summed E-state index contributed by atoms with van der Waals surface area (Å²) in [6.45, 7) is 15.1. The second-order valence-electron chi connectivity index (χ2n) is 8.93. The van der Waals surface area contributed by atoms with E-state index in [0.29, 0.717) is 42.3 Å². The van der Waals surface area contributed by atoms with E-state index in [1.165, 1.54) is 0 Å². The highest BCUT2D eigenvalue weighted by atomic mass is 35.5. The summed E-state index contributed by atoms with van der Waals surface area (Å²) in [6, 6.07) is 3.32. The number of nitrogens with zero attached hydrogens (tertiary/aromatic N) is 4. The molecule has 0 fully saturated rings. The Kier molecular flexibility index (Phi) is 6.32. The Balaban J connectivity index is 2.30. The first-order chi connectivity index (χ1) is 12.0. The van der Waals surface area contributed by atoms with Crippen LogP contribution in [0.3, 0.4) is 0 Å². The van der Waals surface area contributed by atoms with Gasteiger partial charge in [0, 0.05) is 27.4 Å². The summed E-state index contributed by atoms with van der Waals surface area (Å²) in [6.07, 6.45) is 1.76. The van der Waals surface area contributed by atoms with Crippen molar-refractivity contribution in [1.29, 1.82) is 5.26 Å². The van der Waals surface area contributed by atoms with Crippen LogP contribution < -0.4 is 5.32 Å². The maximum atomic E-state index is 9.53. The first-order valence-electron chi connectivity index (χ1n) is 8.78. The Hall–Kier alpha value is -1.62. The normalized spacial score (nSPS) is 12.4. The van der Waals surface area contributed by atoms with E-state index in [1.807, 2.05) is 4.57 Å². The number of halogens is 1. The van der Waals surface area contributed by atoms with Crippen molar-refractivity contribution in [3.8, 4) is 6.07 Å². The summed E-state index contributed by atoms with van der Waals surface area (Å²) in [4.78, 5) is 8.63. The molecule has 0 aliphatic heterocycles. The largest absolute Gasteiger partial charge is 0.369 e. The molecule has 8 heteroatoms. The van der Waals surface area contributed by atoms with Gasteiger partial charge in [-0.1, -0.05) is 40.4 Å². The van der Waals surface area contributed by atoms with Crippen molar-refractivity contribution in [2.75, 3.05) is 18.5 Å². The number of ether oxygens (including phenoxy) is 1. The third kappa shape index (κ3) is 5.69. The minimum absolute atomic E-state index is 0.0685. The zero-order valence-electron chi connectivity index (χ0n) is 16.5. The molecule has 0 saturated heterocycles. The molecule has 2 aromatic heterocycles. The Morgan fingerprint density at radius 3 is 2.58 bits per heavy atom. The van der Waals surface area contributed by atoms with Crippen molar-refractivity contribution >= 4 is 36.5 Å². The molecular weight excluding hydrogens is 366 g/mol. The number of nitriles is 1. The molecule has 0 spiro atoms. The molecule has 1 N–H and O–H groups in total. The Morgan fingerprint density at radius 1 is 1.31 bits per heavy atom. The van der Waals surface area contributed by atoms with E-state index in [1.54, 1.807) is 6.20 Å². The molecule has 0 unspecified atom stereocenters. The summed E-state index contributed by atoms with van der Waals surface area (Å²) in [5.41, 5.74) is 1.20. The SMILES string of the molecule is CC(C)(C)CNc1nc(Cl)nc2c1c(C#N)cn2COCC[Si](C)(C)C. The lowest BCUT2D eigenvalue weighted by Gasteiger charge is -2.19. The van der Waals surface area contributed by atoms with Gasteiger partial charge in [0.05, 0.1) is 10.9 Å². The molecule has 2 heterocycles. The number of rotatable bonds is 7. The summed E-state index contributed by atoms with van der Waals surface area (Å²) < 4.78 is 7.65. The van der Waals surface area contributed by atoms with Crippen LogP contribution in [0.1, 0.15) is 26.3 Å². The third-order valence-corrected chi connectivity index (χ3v) is 5.70. The fraction of sp³-hybridized carbons (Fsp3) is 0.611. The van der Waals surface area contributed by atoms with Gasteiger partial charge in [-0.25, -0.2) is 4.98 Å². The highest BCUT2D eigenvalue weighted by Gasteiger charge is 2.19. The smallest absolute Gasteiger partial charge is 0.226 e. The van der Waals surface area contributed by atoms with Crippen LogP contribution in [0.4, 0.5) is 5.82 Å². The lowest BCUT2D eigenvalue weighted by molar-refractivity contribution is 0.0898. The topological polar surface area (TPSA) is 75.8 Å². The van der Waals surface area contributed by atoms with Gasteiger partial charge in [-0.05, 0) is 23.1 Å². The molecule has 26 heavy (non-hydrogen) atoms. The van der Waals surface area contributed by atoms with E-state index in [2.05, 4.69) is 61.8 Å². The monoisotopic (exact) mass is 393 g/mol. The molecule has 0 aliphatic rings. The Morgan fingerprint density at radius 2 is 2.00 bits per heavy atom. The van der Waals surface area contributed by atoms with Crippen LogP contribution in [-0.2, 0) is 11.5 Å². The third-order valence-electron chi connectivity index (χ3n) is 3.82. The fourth-order valence-corrected chi connectivity index (χ4v) is 3.28. The number of nitrogens with one attached hydrogen (secondary N) is 1. The van der Waals surface area contributed by atoms with Crippen LogP contribution in [0.15, 0.2) is 6.20 Å². The molecule has 6 nitrogen and oxygen atoms in total. The standard InChI is InChI=1S/C18H28ClN5OSi/c1-18(2,3)11-21-15-14-13(9-20)10-24(16(14)23-17(19)22-15)12-25-7-8-26(4,5)6/h10H,7-8,11-12H2,1-6H3,(H,21,22,23). The molecule has 0 bridgehead atoms. The summed E-state index contributed by atoms with van der Waals surface area (Å²) in [7, 11) is -1.14. The van der Waals surface area contributed by atoms with Crippen LogP contribution in [-0.4, -0.2) is 35.8 Å². The van der Waals surface area contributed by atoms with Crippen LogP contribution in [0, 0.1) is 16.7 Å². The Labute approximate surface area is 161 Å². The highest BCUT2D eigenvalue weighted by Crippen LogP contribution is 2.28. The van der Waals surface area contributed by atoms with E-state index >= 15 is 0 Å². The maximum Gasteiger partial charge on any atom is 0.226 e. The van der Waals surface area contributed by atoms with Gasteiger partial charge in [-0.2, -0.15) is 10.2 Å². The summed E-state index contributed by atoms with van der Waals surface area (Å²) >= 11 is 6.13. The molecule has 0 amide bonds. The molecule has 0 atom stereocenters. The second kappa shape index (κ2) is 7.95.